The van der Waals surface area contributed by atoms with E-state index in [9.17, 15) is 14.7 Å². The second kappa shape index (κ2) is 6.69. The SMILES string of the molecule is Cc1ccccc1-n1cc(C(=O)Nc2nc3n(c2C(=O)O)CCOC3)cn1. The zero-order valence-electron chi connectivity index (χ0n) is 14.5. The number of anilines is 1. The van der Waals surface area contributed by atoms with Crippen LogP contribution < -0.4 is 5.32 Å². The van der Waals surface area contributed by atoms with Crippen LogP contribution in [0.2, 0.25) is 0 Å². The van der Waals surface area contributed by atoms with Gasteiger partial charge in [-0.3, -0.25) is 4.79 Å². The minimum atomic E-state index is -1.15. The van der Waals surface area contributed by atoms with Crippen molar-refractivity contribution in [2.24, 2.45) is 0 Å². The molecule has 0 aliphatic carbocycles. The lowest BCUT2D eigenvalue weighted by Crippen LogP contribution is -2.21. The summed E-state index contributed by atoms with van der Waals surface area (Å²) in [6.45, 7) is 2.94. The van der Waals surface area contributed by atoms with Crippen LogP contribution in [0.4, 0.5) is 5.82 Å². The molecule has 1 aromatic carbocycles. The molecule has 138 valence electrons. The number of amides is 1. The van der Waals surface area contributed by atoms with Crippen LogP contribution in [0.5, 0.6) is 0 Å². The Labute approximate surface area is 154 Å². The number of carboxylic acid groups (broad SMARTS) is 1. The Morgan fingerprint density at radius 3 is 2.89 bits per heavy atom. The third-order valence-electron chi connectivity index (χ3n) is 4.38. The zero-order valence-corrected chi connectivity index (χ0v) is 14.5. The molecule has 4 rings (SSSR count). The molecule has 0 unspecified atom stereocenters. The van der Waals surface area contributed by atoms with Crippen molar-refractivity contribution in [2.75, 3.05) is 11.9 Å². The van der Waals surface area contributed by atoms with Gasteiger partial charge in [0.2, 0.25) is 0 Å². The Morgan fingerprint density at radius 1 is 1.30 bits per heavy atom. The molecule has 0 atom stereocenters. The molecule has 3 aromatic rings. The van der Waals surface area contributed by atoms with Gasteiger partial charge in [-0.25, -0.2) is 14.5 Å². The summed E-state index contributed by atoms with van der Waals surface area (Å²) in [5.41, 5.74) is 2.13. The van der Waals surface area contributed by atoms with E-state index >= 15 is 0 Å². The first-order valence-corrected chi connectivity index (χ1v) is 8.37. The summed E-state index contributed by atoms with van der Waals surface area (Å²) in [4.78, 5) is 28.4. The highest BCUT2D eigenvalue weighted by Crippen LogP contribution is 2.22. The van der Waals surface area contributed by atoms with E-state index in [2.05, 4.69) is 15.4 Å². The fraction of sp³-hybridized carbons (Fsp3) is 0.222. The number of ether oxygens (including phenoxy) is 1. The van der Waals surface area contributed by atoms with Gasteiger partial charge in [0.15, 0.2) is 11.5 Å². The van der Waals surface area contributed by atoms with Crippen LogP contribution in [0.25, 0.3) is 5.69 Å². The van der Waals surface area contributed by atoms with Crippen molar-refractivity contribution < 1.29 is 19.4 Å². The van der Waals surface area contributed by atoms with Crippen molar-refractivity contribution in [1.29, 1.82) is 0 Å². The summed E-state index contributed by atoms with van der Waals surface area (Å²) < 4.78 is 8.45. The minimum absolute atomic E-state index is 0.0108. The average molecular weight is 367 g/mol. The summed E-state index contributed by atoms with van der Waals surface area (Å²) in [6, 6.07) is 7.66. The number of carbonyl (C=O) groups excluding carboxylic acids is 1. The number of nitrogens with zero attached hydrogens (tertiary/aromatic N) is 4. The first-order chi connectivity index (χ1) is 13.0. The molecule has 0 bridgehead atoms. The number of carbonyl (C=O) groups is 2. The average Bonchev–Trinajstić information content (AvgIpc) is 3.26. The van der Waals surface area contributed by atoms with Gasteiger partial charge in [-0.1, -0.05) is 18.2 Å². The maximum Gasteiger partial charge on any atom is 0.356 e. The minimum Gasteiger partial charge on any atom is -0.476 e. The summed E-state index contributed by atoms with van der Waals surface area (Å²) in [5, 5.41) is 16.3. The van der Waals surface area contributed by atoms with E-state index in [1.54, 1.807) is 15.4 Å². The largest absolute Gasteiger partial charge is 0.476 e. The Hall–Kier alpha value is -3.46. The lowest BCUT2D eigenvalue weighted by Gasteiger charge is -2.15. The molecule has 2 N–H and O–H groups in total. The van der Waals surface area contributed by atoms with Gasteiger partial charge in [0.1, 0.15) is 12.4 Å². The molecule has 1 aliphatic heterocycles. The van der Waals surface area contributed by atoms with Crippen molar-refractivity contribution in [2.45, 2.75) is 20.1 Å². The van der Waals surface area contributed by atoms with Crippen LogP contribution in [-0.2, 0) is 17.9 Å². The van der Waals surface area contributed by atoms with E-state index in [0.29, 0.717) is 24.5 Å². The molecule has 9 nitrogen and oxygen atoms in total. The molecule has 1 aliphatic rings. The van der Waals surface area contributed by atoms with Crippen LogP contribution in [0.3, 0.4) is 0 Å². The number of benzene rings is 1. The van der Waals surface area contributed by atoms with Gasteiger partial charge in [0, 0.05) is 12.7 Å². The van der Waals surface area contributed by atoms with Crippen molar-refractivity contribution in [3.05, 3.63) is 59.3 Å². The molecule has 0 saturated carbocycles. The number of fused-ring (bicyclic) bond motifs is 1. The highest BCUT2D eigenvalue weighted by Gasteiger charge is 2.26. The summed E-state index contributed by atoms with van der Waals surface area (Å²) in [7, 11) is 0. The van der Waals surface area contributed by atoms with Gasteiger partial charge in [0.05, 0.1) is 24.1 Å². The Balaban J connectivity index is 1.61. The normalized spacial score (nSPS) is 13.2. The lowest BCUT2D eigenvalue weighted by molar-refractivity contribution is 0.0642. The van der Waals surface area contributed by atoms with E-state index in [1.165, 1.54) is 6.20 Å². The maximum absolute atomic E-state index is 12.6. The molecule has 0 radical (unpaired) electrons. The monoisotopic (exact) mass is 367 g/mol. The summed E-state index contributed by atoms with van der Waals surface area (Å²) >= 11 is 0. The van der Waals surface area contributed by atoms with Crippen LogP contribution in [0, 0.1) is 6.92 Å². The summed E-state index contributed by atoms with van der Waals surface area (Å²) in [5.74, 6) is -1.14. The third kappa shape index (κ3) is 3.08. The van der Waals surface area contributed by atoms with Gasteiger partial charge in [0.25, 0.3) is 5.91 Å². The van der Waals surface area contributed by atoms with Crippen LogP contribution >= 0.6 is 0 Å². The number of hydrogen-bond donors (Lipinski definition) is 2. The van der Waals surface area contributed by atoms with Crippen molar-refractivity contribution >= 4 is 17.7 Å². The first kappa shape index (κ1) is 17.0. The predicted octanol–water partition coefficient (Wildman–Crippen LogP) is 1.86. The Morgan fingerprint density at radius 2 is 2.11 bits per heavy atom. The van der Waals surface area contributed by atoms with Crippen LogP contribution in [-0.4, -0.2) is 42.9 Å². The lowest BCUT2D eigenvalue weighted by atomic mass is 10.2. The molecule has 9 heteroatoms. The van der Waals surface area contributed by atoms with Gasteiger partial charge in [-0.15, -0.1) is 0 Å². The number of hydrogen-bond acceptors (Lipinski definition) is 5. The molecule has 3 heterocycles. The number of imidazole rings is 1. The van der Waals surface area contributed by atoms with E-state index in [-0.39, 0.29) is 18.1 Å². The number of aromatic carboxylic acids is 1. The Bertz CT molecular complexity index is 1040. The second-order valence-electron chi connectivity index (χ2n) is 6.15. The van der Waals surface area contributed by atoms with E-state index in [4.69, 9.17) is 4.74 Å². The number of aryl methyl sites for hydroxylation is 1. The van der Waals surface area contributed by atoms with Crippen molar-refractivity contribution in [3.63, 3.8) is 0 Å². The standard InChI is InChI=1S/C18H17N5O4/c1-11-4-2-3-5-13(11)23-9-12(8-19-23)17(24)21-16-15(18(25)26)22-6-7-27-10-14(22)20-16/h2-5,8-9H,6-7,10H2,1H3,(H,21,24)(H,25,26). The smallest absolute Gasteiger partial charge is 0.356 e. The second-order valence-corrected chi connectivity index (χ2v) is 6.15. The molecular formula is C18H17N5O4. The molecule has 1 amide bonds. The number of carboxylic acids is 1. The topological polar surface area (TPSA) is 111 Å². The third-order valence-corrected chi connectivity index (χ3v) is 4.38. The molecule has 2 aromatic heterocycles. The summed E-state index contributed by atoms with van der Waals surface area (Å²) in [6.07, 6.45) is 3.03. The quantitative estimate of drug-likeness (QED) is 0.728. The zero-order chi connectivity index (χ0) is 19.0. The molecule has 0 spiro atoms. The number of para-hydroxylation sites is 1. The van der Waals surface area contributed by atoms with E-state index in [0.717, 1.165) is 11.3 Å². The van der Waals surface area contributed by atoms with Gasteiger partial charge in [-0.2, -0.15) is 5.10 Å². The number of rotatable bonds is 4. The van der Waals surface area contributed by atoms with Gasteiger partial charge >= 0.3 is 5.97 Å². The van der Waals surface area contributed by atoms with Crippen molar-refractivity contribution in [1.82, 2.24) is 19.3 Å². The van der Waals surface area contributed by atoms with E-state index < -0.39 is 11.9 Å². The highest BCUT2D eigenvalue weighted by atomic mass is 16.5. The van der Waals surface area contributed by atoms with Crippen LogP contribution in [0.1, 0.15) is 32.2 Å². The fourth-order valence-corrected chi connectivity index (χ4v) is 3.05. The first-order valence-electron chi connectivity index (χ1n) is 8.37. The van der Waals surface area contributed by atoms with Crippen molar-refractivity contribution in [3.8, 4) is 5.69 Å². The molecular weight excluding hydrogens is 350 g/mol. The number of aromatic nitrogens is 4. The molecule has 0 fully saturated rings. The molecule has 27 heavy (non-hydrogen) atoms. The van der Waals surface area contributed by atoms with Gasteiger partial charge < -0.3 is 19.7 Å². The Kier molecular flexibility index (Phi) is 4.21. The van der Waals surface area contributed by atoms with Gasteiger partial charge in [-0.05, 0) is 18.6 Å². The maximum atomic E-state index is 12.6. The molecule has 0 saturated heterocycles. The van der Waals surface area contributed by atoms with Crippen LogP contribution in [0.15, 0.2) is 36.7 Å². The number of nitrogens with one attached hydrogen (secondary N) is 1. The fourth-order valence-electron chi connectivity index (χ4n) is 3.05. The van der Waals surface area contributed by atoms with E-state index in [1.807, 2.05) is 31.2 Å². The highest BCUT2D eigenvalue weighted by molar-refractivity contribution is 6.06. The predicted molar refractivity (Wildman–Crippen MR) is 95.1 cm³/mol.